The number of rotatable bonds is 2. The predicted molar refractivity (Wildman–Crippen MR) is 63.8 cm³/mol. The average Bonchev–Trinajstić information content (AvgIpc) is 2.79. The zero-order valence-electron chi connectivity index (χ0n) is 8.71. The highest BCUT2D eigenvalue weighted by Crippen LogP contribution is 2.21. The van der Waals surface area contributed by atoms with Crippen LogP contribution in [-0.2, 0) is 19.7 Å². The molecule has 0 atom stereocenters. The molecule has 8 heteroatoms. The van der Waals surface area contributed by atoms with Gasteiger partial charge >= 0.3 is 16.2 Å². The lowest BCUT2D eigenvalue weighted by Crippen LogP contribution is -2.29. The summed E-state index contributed by atoms with van der Waals surface area (Å²) in [4.78, 5) is 12.0. The van der Waals surface area contributed by atoms with Crippen LogP contribution in [0.5, 0.6) is 0 Å². The summed E-state index contributed by atoms with van der Waals surface area (Å²) in [5, 5.41) is 1.80. The van der Waals surface area contributed by atoms with E-state index in [2.05, 4.69) is 13.9 Å². The average molecular weight is 272 g/mol. The summed E-state index contributed by atoms with van der Waals surface area (Å²) in [6, 6.07) is 3.51. The zero-order valence-corrected chi connectivity index (χ0v) is 10.3. The molecule has 0 aromatic carbocycles. The van der Waals surface area contributed by atoms with Crippen LogP contribution in [0.2, 0.25) is 0 Å². The fraction of sp³-hybridized carbons (Fsp3) is 0.111. The first kappa shape index (κ1) is 11.8. The van der Waals surface area contributed by atoms with Crippen molar-refractivity contribution >= 4 is 38.9 Å². The molecule has 0 amide bonds. The number of thiophene rings is 1. The number of methoxy groups -OCH3 is 1. The van der Waals surface area contributed by atoms with E-state index < -0.39 is 16.2 Å². The molecule has 0 fully saturated rings. The van der Waals surface area contributed by atoms with Gasteiger partial charge < -0.3 is 4.74 Å². The predicted octanol–water partition coefficient (Wildman–Crippen LogP) is 0.551. The standard InChI is InChI=1S/C9H8N2O4S2/c1-15-9(12)7-5-6(8-3-2-4-16-8)10-17(13,14)11-7/h2-5,10H,1H3. The fourth-order valence-corrected chi connectivity index (χ4v) is 2.88. The Morgan fingerprint density at radius 2 is 2.29 bits per heavy atom. The number of hydrogen-bond donors (Lipinski definition) is 1. The van der Waals surface area contributed by atoms with E-state index in [4.69, 9.17) is 0 Å². The molecule has 2 heterocycles. The van der Waals surface area contributed by atoms with Gasteiger partial charge in [0.05, 0.1) is 17.7 Å². The molecular weight excluding hydrogens is 264 g/mol. The molecule has 90 valence electrons. The van der Waals surface area contributed by atoms with Crippen LogP contribution in [0.3, 0.4) is 0 Å². The van der Waals surface area contributed by atoms with E-state index in [-0.39, 0.29) is 5.71 Å². The van der Waals surface area contributed by atoms with Crippen LogP contribution < -0.4 is 4.72 Å². The third-order valence-electron chi connectivity index (χ3n) is 1.92. The lowest BCUT2D eigenvalue weighted by molar-refractivity contribution is -0.132. The highest BCUT2D eigenvalue weighted by molar-refractivity contribution is 7.88. The van der Waals surface area contributed by atoms with E-state index in [9.17, 15) is 13.2 Å². The second-order valence-electron chi connectivity index (χ2n) is 3.08. The first-order valence-electron chi connectivity index (χ1n) is 4.48. The van der Waals surface area contributed by atoms with Crippen LogP contribution in [-0.4, -0.2) is 27.2 Å². The van der Waals surface area contributed by atoms with Crippen LogP contribution in [0.4, 0.5) is 0 Å². The van der Waals surface area contributed by atoms with Gasteiger partial charge in [-0.1, -0.05) is 6.07 Å². The summed E-state index contributed by atoms with van der Waals surface area (Å²) in [6.07, 6.45) is 1.35. The lowest BCUT2D eigenvalue weighted by Gasteiger charge is -2.12. The van der Waals surface area contributed by atoms with Gasteiger partial charge in [0.1, 0.15) is 0 Å². The van der Waals surface area contributed by atoms with Crippen molar-refractivity contribution in [2.24, 2.45) is 4.40 Å². The van der Waals surface area contributed by atoms with E-state index in [0.29, 0.717) is 10.6 Å². The van der Waals surface area contributed by atoms with Crippen LogP contribution in [0.1, 0.15) is 4.88 Å². The minimum Gasteiger partial charge on any atom is -0.464 e. The van der Waals surface area contributed by atoms with Gasteiger partial charge in [-0.15, -0.1) is 15.7 Å². The molecule has 0 radical (unpaired) electrons. The van der Waals surface area contributed by atoms with Gasteiger partial charge in [0.2, 0.25) is 0 Å². The maximum absolute atomic E-state index is 11.4. The molecule has 0 bridgehead atoms. The molecule has 1 aliphatic heterocycles. The first-order chi connectivity index (χ1) is 8.02. The van der Waals surface area contributed by atoms with Gasteiger partial charge in [-0.05, 0) is 17.5 Å². The Balaban J connectivity index is 2.46. The Kier molecular flexibility index (Phi) is 2.99. The van der Waals surface area contributed by atoms with Crippen molar-refractivity contribution in [3.05, 3.63) is 28.5 Å². The van der Waals surface area contributed by atoms with E-state index in [0.717, 1.165) is 7.11 Å². The van der Waals surface area contributed by atoms with Crippen molar-refractivity contribution in [2.45, 2.75) is 0 Å². The van der Waals surface area contributed by atoms with Crippen molar-refractivity contribution < 1.29 is 17.9 Å². The van der Waals surface area contributed by atoms with Gasteiger partial charge in [-0.3, -0.25) is 4.72 Å². The van der Waals surface area contributed by atoms with E-state index in [1.165, 1.54) is 17.4 Å². The molecule has 17 heavy (non-hydrogen) atoms. The largest absolute Gasteiger partial charge is 0.464 e. The smallest absolute Gasteiger partial charge is 0.357 e. The molecule has 0 saturated carbocycles. The van der Waals surface area contributed by atoms with Gasteiger partial charge in [0.15, 0.2) is 5.71 Å². The van der Waals surface area contributed by atoms with Crippen LogP contribution in [0.25, 0.3) is 5.70 Å². The van der Waals surface area contributed by atoms with Crippen molar-refractivity contribution in [1.29, 1.82) is 0 Å². The molecular formula is C9H8N2O4S2. The van der Waals surface area contributed by atoms with Crippen molar-refractivity contribution in [2.75, 3.05) is 7.11 Å². The Hall–Kier alpha value is -1.67. The van der Waals surface area contributed by atoms with Crippen LogP contribution in [0.15, 0.2) is 28.0 Å². The molecule has 1 aliphatic rings. The highest BCUT2D eigenvalue weighted by atomic mass is 32.2. The quantitative estimate of drug-likeness (QED) is 0.797. The molecule has 2 rings (SSSR count). The second-order valence-corrected chi connectivity index (χ2v) is 5.37. The molecule has 0 aliphatic carbocycles. The summed E-state index contributed by atoms with van der Waals surface area (Å²) >= 11 is 1.35. The summed E-state index contributed by atoms with van der Waals surface area (Å²) in [6.45, 7) is 0. The molecule has 0 saturated heterocycles. The van der Waals surface area contributed by atoms with Gasteiger partial charge in [-0.25, -0.2) is 4.79 Å². The molecule has 0 unspecified atom stereocenters. The summed E-state index contributed by atoms with van der Waals surface area (Å²) < 4.78 is 32.9. The third-order valence-corrected chi connectivity index (χ3v) is 3.74. The molecule has 1 aromatic rings. The van der Waals surface area contributed by atoms with E-state index in [1.54, 1.807) is 17.5 Å². The van der Waals surface area contributed by atoms with Gasteiger partial charge in [-0.2, -0.15) is 8.42 Å². The van der Waals surface area contributed by atoms with Crippen LogP contribution >= 0.6 is 11.3 Å². The molecule has 0 spiro atoms. The summed E-state index contributed by atoms with van der Waals surface area (Å²) in [5.74, 6) is -0.788. The van der Waals surface area contributed by atoms with Crippen molar-refractivity contribution in [3.8, 4) is 0 Å². The lowest BCUT2D eigenvalue weighted by atomic mass is 10.2. The third kappa shape index (κ3) is 2.53. The van der Waals surface area contributed by atoms with Crippen molar-refractivity contribution in [3.63, 3.8) is 0 Å². The Labute approximate surface area is 102 Å². The summed E-state index contributed by atoms with van der Waals surface area (Å²) in [7, 11) is -2.72. The zero-order chi connectivity index (χ0) is 12.5. The number of nitrogens with one attached hydrogen (secondary N) is 1. The Morgan fingerprint density at radius 1 is 1.53 bits per heavy atom. The highest BCUT2D eigenvalue weighted by Gasteiger charge is 2.23. The van der Waals surface area contributed by atoms with E-state index in [1.807, 2.05) is 0 Å². The SMILES string of the molecule is COC(=O)C1=NS(=O)(=O)NC(c2cccs2)=C1. The molecule has 1 N–H and O–H groups in total. The number of nitrogens with zero attached hydrogens (tertiary/aromatic N) is 1. The van der Waals surface area contributed by atoms with Crippen LogP contribution in [0, 0.1) is 0 Å². The summed E-state index contributed by atoms with van der Waals surface area (Å²) in [5.41, 5.74) is 0.0741. The van der Waals surface area contributed by atoms with Gasteiger partial charge in [0.25, 0.3) is 0 Å². The van der Waals surface area contributed by atoms with Crippen molar-refractivity contribution in [1.82, 2.24) is 4.72 Å². The van der Waals surface area contributed by atoms with E-state index >= 15 is 0 Å². The minimum atomic E-state index is -3.89. The first-order valence-corrected chi connectivity index (χ1v) is 6.80. The molecule has 1 aromatic heterocycles. The number of ether oxygens (including phenoxy) is 1. The van der Waals surface area contributed by atoms with Gasteiger partial charge in [0, 0.05) is 0 Å². The maximum Gasteiger partial charge on any atom is 0.357 e. The number of carbonyl (C=O) groups is 1. The fourth-order valence-electron chi connectivity index (χ4n) is 1.24. The monoisotopic (exact) mass is 272 g/mol. The minimum absolute atomic E-state index is 0.241. The topological polar surface area (TPSA) is 84.8 Å². The maximum atomic E-state index is 11.4. The number of esters is 1. The normalized spacial score (nSPS) is 17.7. The number of carbonyl (C=O) groups excluding carboxylic acids is 1. The molecule has 6 nitrogen and oxygen atoms in total. The number of hydrogen-bond acceptors (Lipinski definition) is 5. The second kappa shape index (κ2) is 4.30. The Morgan fingerprint density at radius 3 is 2.88 bits per heavy atom. The Bertz CT molecular complexity index is 599.